The van der Waals surface area contributed by atoms with Crippen molar-refractivity contribution in [3.63, 3.8) is 0 Å². The van der Waals surface area contributed by atoms with Gasteiger partial charge in [0.15, 0.2) is 0 Å². The second-order valence-corrected chi connectivity index (χ2v) is 7.03. The number of nitrogens with one attached hydrogen (secondary N) is 2. The fourth-order valence-electron chi connectivity index (χ4n) is 3.84. The lowest BCUT2D eigenvalue weighted by atomic mass is 10.1. The van der Waals surface area contributed by atoms with Crippen molar-refractivity contribution in [2.24, 2.45) is 5.92 Å². The van der Waals surface area contributed by atoms with Gasteiger partial charge in [-0.3, -0.25) is 9.59 Å². The summed E-state index contributed by atoms with van der Waals surface area (Å²) in [5, 5.41) is 21.7. The third kappa shape index (κ3) is 2.60. The molecule has 2 atom stereocenters. The summed E-state index contributed by atoms with van der Waals surface area (Å²) in [5.74, 6) is 0.0704. The van der Waals surface area contributed by atoms with Crippen molar-refractivity contribution in [3.8, 4) is 0 Å². The summed E-state index contributed by atoms with van der Waals surface area (Å²) in [6.07, 6.45) is 3.17. The second-order valence-electron chi connectivity index (χ2n) is 7.03. The molecular formula is C21H16N4O3. The molecule has 0 aliphatic heterocycles. The molecule has 138 valence electrons. The van der Waals surface area contributed by atoms with Crippen molar-refractivity contribution in [2.75, 3.05) is 5.32 Å². The maximum Gasteiger partial charge on any atom is 0.296 e. The van der Waals surface area contributed by atoms with E-state index in [1.54, 1.807) is 12.1 Å². The molecule has 4 aromatic rings. The maximum atomic E-state index is 12.7. The highest BCUT2D eigenvalue weighted by Crippen LogP contribution is 2.47. The number of H-pyrrole nitrogens is 1. The molecule has 0 bridgehead atoms. The van der Waals surface area contributed by atoms with Crippen LogP contribution >= 0.6 is 0 Å². The number of hydrogen-bond donors (Lipinski definition) is 3. The number of benzene rings is 2. The van der Waals surface area contributed by atoms with Crippen LogP contribution in [0.5, 0.6) is 0 Å². The first-order valence-electron chi connectivity index (χ1n) is 8.97. The summed E-state index contributed by atoms with van der Waals surface area (Å²) in [6, 6.07) is 13.3. The first kappa shape index (κ1) is 16.4. The molecule has 1 amide bonds. The molecule has 1 fully saturated rings. The summed E-state index contributed by atoms with van der Waals surface area (Å²) < 4.78 is 0. The van der Waals surface area contributed by atoms with E-state index >= 15 is 0 Å². The highest BCUT2D eigenvalue weighted by Gasteiger charge is 2.43. The monoisotopic (exact) mass is 372 g/mol. The van der Waals surface area contributed by atoms with Gasteiger partial charge in [-0.05, 0) is 30.0 Å². The normalized spacial score (nSPS) is 19.2. The Bertz CT molecular complexity index is 1330. The SMILES string of the molecule is O=C(Nc1cc2[nH]c(=CO)c3cnnc(=O)c(c1)c23)C1CC1c1ccccc1. The van der Waals surface area contributed by atoms with Gasteiger partial charge in [-0.15, -0.1) is 5.10 Å². The molecule has 1 saturated carbocycles. The van der Waals surface area contributed by atoms with Crippen LogP contribution in [0.15, 0.2) is 53.5 Å². The van der Waals surface area contributed by atoms with E-state index < -0.39 is 5.56 Å². The van der Waals surface area contributed by atoms with E-state index in [4.69, 9.17) is 0 Å². The average molecular weight is 372 g/mol. The zero-order chi connectivity index (χ0) is 19.3. The van der Waals surface area contributed by atoms with Gasteiger partial charge in [0.05, 0.1) is 16.9 Å². The van der Waals surface area contributed by atoms with Crippen LogP contribution in [0.1, 0.15) is 17.9 Å². The lowest BCUT2D eigenvalue weighted by molar-refractivity contribution is -0.117. The summed E-state index contributed by atoms with van der Waals surface area (Å²) in [6.45, 7) is 0. The van der Waals surface area contributed by atoms with Crippen molar-refractivity contribution in [1.82, 2.24) is 15.2 Å². The molecule has 7 nitrogen and oxygen atoms in total. The van der Waals surface area contributed by atoms with Crippen LogP contribution in [0.3, 0.4) is 0 Å². The van der Waals surface area contributed by atoms with Gasteiger partial charge in [-0.1, -0.05) is 30.3 Å². The third-order valence-corrected chi connectivity index (χ3v) is 5.28. The number of hydrogen-bond acceptors (Lipinski definition) is 5. The fourth-order valence-corrected chi connectivity index (χ4v) is 3.84. The Kier molecular flexibility index (Phi) is 3.61. The molecule has 2 heterocycles. The van der Waals surface area contributed by atoms with E-state index in [0.717, 1.165) is 18.2 Å². The number of carbonyl (C=O) groups is 1. The van der Waals surface area contributed by atoms with Crippen LogP contribution in [0.2, 0.25) is 0 Å². The molecule has 5 rings (SSSR count). The van der Waals surface area contributed by atoms with E-state index in [0.29, 0.717) is 32.7 Å². The standard InChI is InChI=1S/C21H16N4O3/c26-10-18-16-9-22-25-21(28)15-6-12(7-17(24-18)19(15)16)23-20(27)14-8-13(14)11-4-2-1-3-5-11/h1-7,9-10,13-14,24,26H,8H2,(H,23,27). The first-order chi connectivity index (χ1) is 13.7. The van der Waals surface area contributed by atoms with Gasteiger partial charge >= 0.3 is 0 Å². The molecule has 28 heavy (non-hydrogen) atoms. The fraction of sp³-hybridized carbons (Fsp3) is 0.143. The largest absolute Gasteiger partial charge is 0.513 e. The topological polar surface area (TPSA) is 108 Å². The van der Waals surface area contributed by atoms with E-state index in [1.807, 2.05) is 30.3 Å². The lowest BCUT2D eigenvalue weighted by Crippen LogP contribution is -2.15. The Morgan fingerprint density at radius 2 is 2.04 bits per heavy atom. The third-order valence-electron chi connectivity index (χ3n) is 5.28. The van der Waals surface area contributed by atoms with Gasteiger partial charge in [-0.2, -0.15) is 5.10 Å². The minimum Gasteiger partial charge on any atom is -0.513 e. The zero-order valence-corrected chi connectivity index (χ0v) is 14.7. The number of carbonyl (C=O) groups excluding carboxylic acids is 1. The number of rotatable bonds is 3. The quantitative estimate of drug-likeness (QED) is 0.511. The molecule has 2 aromatic carbocycles. The molecular weight excluding hydrogens is 356 g/mol. The highest BCUT2D eigenvalue weighted by atomic mass is 16.2. The van der Waals surface area contributed by atoms with Crippen LogP contribution in [0.25, 0.3) is 27.9 Å². The van der Waals surface area contributed by atoms with Crippen molar-refractivity contribution >= 4 is 39.5 Å². The number of amides is 1. The minimum absolute atomic E-state index is 0.0737. The van der Waals surface area contributed by atoms with E-state index in [1.165, 1.54) is 6.20 Å². The zero-order valence-electron chi connectivity index (χ0n) is 14.7. The summed E-state index contributed by atoms with van der Waals surface area (Å²) >= 11 is 0. The molecule has 1 aliphatic carbocycles. The number of nitrogens with zero attached hydrogens (tertiary/aromatic N) is 2. The molecule has 7 heteroatoms. The number of aliphatic hydroxyl groups is 1. The lowest BCUT2D eigenvalue weighted by Gasteiger charge is -2.06. The highest BCUT2D eigenvalue weighted by molar-refractivity contribution is 6.11. The molecule has 2 unspecified atom stereocenters. The van der Waals surface area contributed by atoms with Crippen LogP contribution in [0.4, 0.5) is 5.69 Å². The Labute approximate surface area is 158 Å². The molecule has 0 spiro atoms. The minimum atomic E-state index is -0.492. The van der Waals surface area contributed by atoms with Crippen LogP contribution in [-0.2, 0) is 4.79 Å². The number of aromatic amines is 1. The predicted molar refractivity (Wildman–Crippen MR) is 106 cm³/mol. The molecule has 2 aromatic heterocycles. The molecule has 1 aliphatic rings. The number of aromatic nitrogens is 3. The summed E-state index contributed by atoms with van der Waals surface area (Å²) in [4.78, 5) is 28.1. The molecule has 0 radical (unpaired) electrons. The van der Waals surface area contributed by atoms with Gasteiger partial charge in [0.25, 0.3) is 5.56 Å². The summed E-state index contributed by atoms with van der Waals surface area (Å²) in [5.41, 5.74) is 1.80. The van der Waals surface area contributed by atoms with Crippen LogP contribution in [0, 0.1) is 5.92 Å². The molecule has 0 saturated heterocycles. The maximum absolute atomic E-state index is 12.7. The Hall–Kier alpha value is -3.74. The average Bonchev–Trinajstić information content (AvgIpc) is 3.46. The Balaban J connectivity index is 1.52. The van der Waals surface area contributed by atoms with E-state index in [2.05, 4.69) is 20.5 Å². The predicted octanol–water partition coefficient (Wildman–Crippen LogP) is 2.23. The van der Waals surface area contributed by atoms with Gasteiger partial charge < -0.3 is 15.4 Å². The van der Waals surface area contributed by atoms with Gasteiger partial charge in [0.1, 0.15) is 6.26 Å². The Morgan fingerprint density at radius 3 is 2.82 bits per heavy atom. The van der Waals surface area contributed by atoms with Gasteiger partial charge in [0.2, 0.25) is 5.91 Å². The van der Waals surface area contributed by atoms with Crippen LogP contribution < -0.4 is 16.2 Å². The second kappa shape index (κ2) is 6.16. The van der Waals surface area contributed by atoms with E-state index in [9.17, 15) is 14.7 Å². The number of anilines is 1. The van der Waals surface area contributed by atoms with Gasteiger partial charge in [-0.25, -0.2) is 0 Å². The van der Waals surface area contributed by atoms with Crippen molar-refractivity contribution < 1.29 is 9.90 Å². The van der Waals surface area contributed by atoms with Crippen LogP contribution in [-0.4, -0.2) is 26.2 Å². The Morgan fingerprint density at radius 1 is 1.21 bits per heavy atom. The van der Waals surface area contributed by atoms with Gasteiger partial charge in [0, 0.05) is 27.9 Å². The van der Waals surface area contributed by atoms with Crippen molar-refractivity contribution in [1.29, 1.82) is 0 Å². The molecule has 3 N–H and O–H groups in total. The summed E-state index contributed by atoms with van der Waals surface area (Å²) in [7, 11) is 0. The van der Waals surface area contributed by atoms with Crippen molar-refractivity contribution in [2.45, 2.75) is 12.3 Å². The number of aliphatic hydroxyl groups excluding tert-OH is 1. The smallest absolute Gasteiger partial charge is 0.296 e. The van der Waals surface area contributed by atoms with E-state index in [-0.39, 0.29) is 17.7 Å². The van der Waals surface area contributed by atoms with Crippen molar-refractivity contribution in [3.05, 3.63) is 69.9 Å². The first-order valence-corrected chi connectivity index (χ1v) is 8.97.